The van der Waals surface area contributed by atoms with E-state index in [0.717, 1.165) is 30.4 Å². The number of hydrogen-bond acceptors (Lipinski definition) is 7. The molecule has 8 N–H and O–H groups in total. The zero-order valence-electron chi connectivity index (χ0n) is 14.8. The molecule has 0 bridgehead atoms. The lowest BCUT2D eigenvalue weighted by Crippen LogP contribution is -2.41. The lowest BCUT2D eigenvalue weighted by atomic mass is 10.1. The van der Waals surface area contributed by atoms with E-state index in [9.17, 15) is 9.90 Å². The van der Waals surface area contributed by atoms with E-state index in [-0.39, 0.29) is 28.4 Å². The molecule has 1 amide bonds. The highest BCUT2D eigenvalue weighted by Crippen LogP contribution is 2.20. The van der Waals surface area contributed by atoms with Crippen LogP contribution in [-0.2, 0) is 6.42 Å². The van der Waals surface area contributed by atoms with Crippen LogP contribution in [0, 0.1) is 12.3 Å². The fraction of sp³-hybridized carbons (Fsp3) is 0.294. The van der Waals surface area contributed by atoms with Crippen molar-refractivity contribution in [1.82, 2.24) is 20.6 Å². The lowest BCUT2D eigenvalue weighted by Gasteiger charge is -2.10. The summed E-state index contributed by atoms with van der Waals surface area (Å²) in [4.78, 5) is 19.6. The molecule has 0 radical (unpaired) electrons. The average molecular weight is 392 g/mol. The van der Waals surface area contributed by atoms with Crippen LogP contribution in [0.3, 0.4) is 0 Å². The van der Waals surface area contributed by atoms with Crippen LogP contribution >= 0.6 is 11.6 Å². The highest BCUT2D eigenvalue weighted by atomic mass is 35.5. The number of anilines is 2. The van der Waals surface area contributed by atoms with Crippen molar-refractivity contribution in [1.29, 1.82) is 5.41 Å². The van der Waals surface area contributed by atoms with Crippen LogP contribution in [0.1, 0.15) is 34.5 Å². The Labute approximate surface area is 161 Å². The van der Waals surface area contributed by atoms with Gasteiger partial charge in [0.2, 0.25) is 0 Å². The van der Waals surface area contributed by atoms with Gasteiger partial charge in [-0.25, -0.2) is 9.97 Å². The number of aromatic nitrogens is 2. The van der Waals surface area contributed by atoms with Crippen LogP contribution < -0.4 is 22.1 Å². The third-order valence-corrected chi connectivity index (χ3v) is 4.05. The van der Waals surface area contributed by atoms with E-state index in [0.29, 0.717) is 12.3 Å². The molecule has 0 saturated heterocycles. The second-order valence-electron chi connectivity index (χ2n) is 5.98. The molecule has 0 fully saturated rings. The monoisotopic (exact) mass is 391 g/mol. The molecule has 0 saturated carbocycles. The number of unbranched alkanes of at least 4 members (excludes halogenated alkanes) is 1. The third-order valence-electron chi connectivity index (χ3n) is 3.77. The van der Waals surface area contributed by atoms with Gasteiger partial charge in [-0.1, -0.05) is 23.7 Å². The van der Waals surface area contributed by atoms with Gasteiger partial charge in [0.15, 0.2) is 28.4 Å². The third kappa shape index (κ3) is 5.71. The van der Waals surface area contributed by atoms with E-state index >= 15 is 0 Å². The predicted octanol–water partition coefficient (Wildman–Crippen LogP) is 1.59. The summed E-state index contributed by atoms with van der Waals surface area (Å²) in [7, 11) is 0. The Morgan fingerprint density at radius 2 is 2.00 bits per heavy atom. The molecule has 144 valence electrons. The van der Waals surface area contributed by atoms with Gasteiger partial charge in [0.05, 0.1) is 0 Å². The number of benzene rings is 1. The molecule has 0 unspecified atom stereocenters. The zero-order valence-corrected chi connectivity index (χ0v) is 15.6. The van der Waals surface area contributed by atoms with Crippen molar-refractivity contribution in [3.05, 3.63) is 40.2 Å². The lowest BCUT2D eigenvalue weighted by molar-refractivity contribution is 0.0971. The van der Waals surface area contributed by atoms with Gasteiger partial charge in [0.25, 0.3) is 5.91 Å². The van der Waals surface area contributed by atoms with Gasteiger partial charge in [-0.15, -0.1) is 0 Å². The second kappa shape index (κ2) is 9.04. The molecule has 1 aromatic heterocycles. The molecule has 2 rings (SSSR count). The number of aromatic hydroxyl groups is 1. The number of halogens is 1. The number of aryl methyl sites for hydroxylation is 2. The number of nitrogens with zero attached hydrogens (tertiary/aromatic N) is 2. The van der Waals surface area contributed by atoms with Gasteiger partial charge in [0.1, 0.15) is 5.75 Å². The molecule has 1 heterocycles. The zero-order chi connectivity index (χ0) is 20.0. The SMILES string of the molecule is Cc1ccc(CCCCNC(=N)NC(=O)c2nc(Cl)c(N)nc2N)c(O)c1. The molecule has 10 heteroatoms. The summed E-state index contributed by atoms with van der Waals surface area (Å²) < 4.78 is 0. The maximum Gasteiger partial charge on any atom is 0.280 e. The largest absolute Gasteiger partial charge is 0.508 e. The van der Waals surface area contributed by atoms with Crippen molar-refractivity contribution in [3.8, 4) is 5.75 Å². The van der Waals surface area contributed by atoms with Gasteiger partial charge >= 0.3 is 0 Å². The first kappa shape index (κ1) is 20.2. The van der Waals surface area contributed by atoms with Crippen LogP contribution in [-0.4, -0.2) is 33.5 Å². The first-order valence-corrected chi connectivity index (χ1v) is 8.66. The quantitative estimate of drug-likeness (QED) is 0.247. The Morgan fingerprint density at radius 1 is 1.26 bits per heavy atom. The molecule has 0 atom stereocenters. The van der Waals surface area contributed by atoms with Crippen molar-refractivity contribution in [2.75, 3.05) is 18.0 Å². The number of guanidine groups is 1. The Balaban J connectivity index is 1.74. The number of carbonyl (C=O) groups excluding carboxylic acids is 1. The summed E-state index contributed by atoms with van der Waals surface area (Å²) in [6.45, 7) is 2.40. The number of nitrogens with two attached hydrogens (primary N) is 2. The molecular weight excluding hydrogens is 370 g/mol. The molecule has 0 aliphatic rings. The van der Waals surface area contributed by atoms with E-state index in [1.807, 2.05) is 19.1 Å². The molecule has 0 spiro atoms. The van der Waals surface area contributed by atoms with E-state index < -0.39 is 5.91 Å². The summed E-state index contributed by atoms with van der Waals surface area (Å²) in [5.74, 6) is -0.834. The molecule has 2 aromatic rings. The van der Waals surface area contributed by atoms with Crippen molar-refractivity contribution in [2.45, 2.75) is 26.2 Å². The Morgan fingerprint density at radius 3 is 2.70 bits per heavy atom. The van der Waals surface area contributed by atoms with Crippen LogP contribution in [0.25, 0.3) is 0 Å². The van der Waals surface area contributed by atoms with Crippen molar-refractivity contribution < 1.29 is 9.90 Å². The number of phenols is 1. The summed E-state index contributed by atoms with van der Waals surface area (Å²) in [5, 5.41) is 22.6. The van der Waals surface area contributed by atoms with E-state index in [1.54, 1.807) is 6.07 Å². The van der Waals surface area contributed by atoms with E-state index in [2.05, 4.69) is 20.6 Å². The summed E-state index contributed by atoms with van der Waals surface area (Å²) in [5.41, 5.74) is 12.8. The Bertz CT molecular complexity index is 857. The number of hydrogen-bond donors (Lipinski definition) is 6. The van der Waals surface area contributed by atoms with Crippen LogP contribution in [0.15, 0.2) is 18.2 Å². The fourth-order valence-corrected chi connectivity index (χ4v) is 2.49. The highest BCUT2D eigenvalue weighted by molar-refractivity contribution is 6.31. The number of rotatable bonds is 6. The van der Waals surface area contributed by atoms with E-state index in [1.165, 1.54) is 0 Å². The Hall–Kier alpha value is -3.07. The minimum atomic E-state index is -0.705. The number of carbonyl (C=O) groups is 1. The molecule has 27 heavy (non-hydrogen) atoms. The van der Waals surface area contributed by atoms with Crippen molar-refractivity contribution >= 4 is 35.1 Å². The molecule has 9 nitrogen and oxygen atoms in total. The van der Waals surface area contributed by atoms with Crippen molar-refractivity contribution in [2.24, 2.45) is 0 Å². The van der Waals surface area contributed by atoms with Crippen LogP contribution in [0.5, 0.6) is 5.75 Å². The highest BCUT2D eigenvalue weighted by Gasteiger charge is 2.16. The second-order valence-corrected chi connectivity index (χ2v) is 6.34. The van der Waals surface area contributed by atoms with Gasteiger partial charge in [-0.3, -0.25) is 15.5 Å². The number of nitrogen functional groups attached to an aromatic ring is 2. The maximum absolute atomic E-state index is 12.1. The van der Waals surface area contributed by atoms with Crippen molar-refractivity contribution in [3.63, 3.8) is 0 Å². The fourth-order valence-electron chi connectivity index (χ4n) is 2.36. The maximum atomic E-state index is 12.1. The van der Waals surface area contributed by atoms with Gasteiger partial charge in [-0.05, 0) is 43.4 Å². The van der Waals surface area contributed by atoms with Crippen LogP contribution in [0.4, 0.5) is 11.6 Å². The first-order chi connectivity index (χ1) is 12.8. The summed E-state index contributed by atoms with van der Waals surface area (Å²) >= 11 is 5.73. The minimum absolute atomic E-state index is 0.0708. The van der Waals surface area contributed by atoms with E-state index in [4.69, 9.17) is 28.5 Å². The smallest absolute Gasteiger partial charge is 0.280 e. The molecule has 0 aliphatic heterocycles. The van der Waals surface area contributed by atoms with Gasteiger partial charge in [0, 0.05) is 6.54 Å². The number of nitrogens with one attached hydrogen (secondary N) is 3. The topological polar surface area (TPSA) is 163 Å². The molecular formula is C17H22ClN7O2. The van der Waals surface area contributed by atoms with Crippen LogP contribution in [0.2, 0.25) is 5.15 Å². The molecule has 1 aromatic carbocycles. The Kier molecular flexibility index (Phi) is 6.78. The minimum Gasteiger partial charge on any atom is -0.508 e. The van der Waals surface area contributed by atoms with Gasteiger partial charge < -0.3 is 21.9 Å². The summed E-state index contributed by atoms with van der Waals surface area (Å²) in [6.07, 6.45) is 2.29. The van der Waals surface area contributed by atoms with Gasteiger partial charge in [-0.2, -0.15) is 0 Å². The molecule has 0 aliphatic carbocycles. The normalized spacial score (nSPS) is 10.4. The number of phenolic OH excluding ortho intramolecular Hbond substituents is 1. The average Bonchev–Trinajstić information content (AvgIpc) is 2.59. The summed E-state index contributed by atoms with van der Waals surface area (Å²) in [6, 6.07) is 5.59. The standard InChI is InChI=1S/C17H22ClN7O2/c1-9-5-6-10(11(26)8-9)4-2-3-7-22-17(21)25-16(27)12-14(19)24-15(20)13(18)23-12/h5-6,8,26H,2-4,7H2,1H3,(H4,19,20,24)(H3,21,22,25,27). The first-order valence-electron chi connectivity index (χ1n) is 8.28. The number of amides is 1. The predicted molar refractivity (Wildman–Crippen MR) is 105 cm³/mol.